The lowest BCUT2D eigenvalue weighted by Crippen LogP contribution is -2.32. The summed E-state index contributed by atoms with van der Waals surface area (Å²) in [6.45, 7) is 0.136. The molecule has 0 saturated carbocycles. The molecule has 1 aliphatic heterocycles. The molecule has 6 nitrogen and oxygen atoms in total. The number of hydrogen-bond acceptors (Lipinski definition) is 4. The molecule has 1 fully saturated rings. The van der Waals surface area contributed by atoms with E-state index in [0.29, 0.717) is 5.69 Å². The van der Waals surface area contributed by atoms with Crippen LogP contribution in [-0.4, -0.2) is 29.2 Å². The van der Waals surface area contributed by atoms with Crippen molar-refractivity contribution in [2.45, 2.75) is 19.3 Å². The van der Waals surface area contributed by atoms with Gasteiger partial charge in [-0.3, -0.25) is 19.3 Å². The van der Waals surface area contributed by atoms with Crippen molar-refractivity contribution < 1.29 is 14.4 Å². The lowest BCUT2D eigenvalue weighted by atomic mass is 10.2. The number of anilines is 3. The van der Waals surface area contributed by atoms with E-state index in [4.69, 9.17) is 0 Å². The number of amides is 3. The van der Waals surface area contributed by atoms with E-state index in [1.54, 1.807) is 12.1 Å². The van der Waals surface area contributed by atoms with Crippen molar-refractivity contribution in [3.8, 4) is 0 Å². The van der Waals surface area contributed by atoms with E-state index in [-0.39, 0.29) is 43.5 Å². The number of nitrogens with one attached hydrogen (secondary N) is 2. The van der Waals surface area contributed by atoms with Crippen LogP contribution >= 0.6 is 0 Å². The Bertz CT molecular complexity index is 756. The second-order valence-electron chi connectivity index (χ2n) is 5.81. The van der Waals surface area contributed by atoms with Gasteiger partial charge >= 0.3 is 0 Å². The summed E-state index contributed by atoms with van der Waals surface area (Å²) in [6, 6.07) is 17.1. The minimum absolute atomic E-state index is 0.0987. The number of para-hydroxylation sites is 1. The maximum Gasteiger partial charge on any atom is 0.229 e. The zero-order chi connectivity index (χ0) is 17.6. The number of benzene rings is 2. The molecule has 6 heteroatoms. The van der Waals surface area contributed by atoms with Gasteiger partial charge in [-0.25, -0.2) is 0 Å². The number of hydrogen-bond donors (Lipinski definition) is 2. The van der Waals surface area contributed by atoms with Crippen LogP contribution < -0.4 is 10.6 Å². The van der Waals surface area contributed by atoms with Crippen LogP contribution in [-0.2, 0) is 14.4 Å². The molecule has 0 bridgehead atoms. The van der Waals surface area contributed by atoms with Crippen molar-refractivity contribution in [3.05, 3.63) is 54.6 Å². The average Bonchev–Trinajstić information content (AvgIpc) is 2.94. The van der Waals surface area contributed by atoms with Crippen LogP contribution in [0.25, 0.3) is 0 Å². The van der Waals surface area contributed by atoms with Gasteiger partial charge in [-0.2, -0.15) is 0 Å². The van der Waals surface area contributed by atoms with Gasteiger partial charge in [-0.1, -0.05) is 18.2 Å². The van der Waals surface area contributed by atoms with Crippen molar-refractivity contribution in [2.24, 2.45) is 0 Å². The lowest BCUT2D eigenvalue weighted by molar-refractivity contribution is -0.138. The van der Waals surface area contributed by atoms with Crippen LogP contribution in [0, 0.1) is 0 Å². The Labute approximate surface area is 145 Å². The van der Waals surface area contributed by atoms with Gasteiger partial charge in [-0.05, 0) is 36.4 Å². The van der Waals surface area contributed by atoms with Crippen molar-refractivity contribution in [1.29, 1.82) is 0 Å². The molecule has 25 heavy (non-hydrogen) atoms. The molecule has 2 N–H and O–H groups in total. The zero-order valence-electron chi connectivity index (χ0n) is 13.7. The summed E-state index contributed by atoms with van der Waals surface area (Å²) in [5, 5.41) is 6.03. The predicted octanol–water partition coefficient (Wildman–Crippen LogP) is 2.91. The van der Waals surface area contributed by atoms with Gasteiger partial charge in [0.15, 0.2) is 0 Å². The van der Waals surface area contributed by atoms with Crippen molar-refractivity contribution >= 4 is 34.8 Å². The fourth-order valence-corrected chi connectivity index (χ4v) is 2.63. The molecule has 1 heterocycles. The molecule has 0 radical (unpaired) electrons. The van der Waals surface area contributed by atoms with Crippen LogP contribution in [0.4, 0.5) is 17.1 Å². The number of carbonyl (C=O) groups excluding carboxylic acids is 3. The van der Waals surface area contributed by atoms with Gasteiger partial charge in [0.05, 0.1) is 0 Å². The summed E-state index contributed by atoms with van der Waals surface area (Å²) in [5.41, 5.74) is 2.57. The maximum atomic E-state index is 12.0. The van der Waals surface area contributed by atoms with Crippen molar-refractivity contribution in [1.82, 2.24) is 4.90 Å². The Kier molecular flexibility index (Phi) is 5.09. The van der Waals surface area contributed by atoms with Crippen LogP contribution in [0.5, 0.6) is 0 Å². The number of carbonyl (C=O) groups is 3. The lowest BCUT2D eigenvalue weighted by Gasteiger charge is -2.13. The average molecular weight is 337 g/mol. The molecule has 2 aromatic rings. The summed E-state index contributed by atoms with van der Waals surface area (Å²) >= 11 is 0. The monoisotopic (exact) mass is 337 g/mol. The number of nitrogens with zero attached hydrogens (tertiary/aromatic N) is 1. The first-order valence-corrected chi connectivity index (χ1v) is 8.17. The van der Waals surface area contributed by atoms with Crippen LogP contribution in [0.3, 0.4) is 0 Å². The minimum Gasteiger partial charge on any atom is -0.356 e. The third kappa shape index (κ3) is 4.44. The Morgan fingerprint density at radius 2 is 1.40 bits per heavy atom. The van der Waals surface area contributed by atoms with Gasteiger partial charge in [0, 0.05) is 42.9 Å². The molecule has 128 valence electrons. The Morgan fingerprint density at radius 3 is 2.04 bits per heavy atom. The fourth-order valence-electron chi connectivity index (χ4n) is 2.63. The summed E-state index contributed by atoms with van der Waals surface area (Å²) in [5.74, 6) is -0.625. The molecule has 0 unspecified atom stereocenters. The molecule has 0 aromatic heterocycles. The molecular formula is C19H19N3O3. The van der Waals surface area contributed by atoms with E-state index in [1.807, 2.05) is 42.5 Å². The molecule has 1 saturated heterocycles. The minimum atomic E-state index is -0.226. The van der Waals surface area contributed by atoms with Gasteiger partial charge < -0.3 is 10.6 Å². The van der Waals surface area contributed by atoms with Crippen molar-refractivity contribution in [3.63, 3.8) is 0 Å². The highest BCUT2D eigenvalue weighted by Crippen LogP contribution is 2.19. The number of likely N-dealkylation sites (tertiary alicyclic amines) is 1. The van der Waals surface area contributed by atoms with E-state index in [1.165, 1.54) is 0 Å². The van der Waals surface area contributed by atoms with Gasteiger partial charge in [0.2, 0.25) is 17.7 Å². The van der Waals surface area contributed by atoms with E-state index in [2.05, 4.69) is 10.6 Å². The summed E-state index contributed by atoms with van der Waals surface area (Å²) < 4.78 is 0. The van der Waals surface area contributed by atoms with Gasteiger partial charge in [0.1, 0.15) is 0 Å². The summed E-state index contributed by atoms with van der Waals surface area (Å²) in [4.78, 5) is 36.2. The van der Waals surface area contributed by atoms with E-state index < -0.39 is 0 Å². The highest BCUT2D eigenvalue weighted by Gasteiger charge is 2.28. The molecular weight excluding hydrogens is 318 g/mol. The first-order chi connectivity index (χ1) is 12.1. The first-order valence-electron chi connectivity index (χ1n) is 8.17. The molecule has 3 rings (SSSR count). The Balaban J connectivity index is 1.50. The van der Waals surface area contributed by atoms with Crippen molar-refractivity contribution in [2.75, 3.05) is 17.2 Å². The second-order valence-corrected chi connectivity index (χ2v) is 5.81. The Hall–Kier alpha value is -3.15. The standard InChI is InChI=1S/C19H19N3O3/c23-17(12-13-22-18(24)10-11-19(22)25)21-16-8-6-15(7-9-16)20-14-4-2-1-3-5-14/h1-9,20H,10-13H2,(H,21,23). The Morgan fingerprint density at radius 1 is 0.840 bits per heavy atom. The summed E-state index contributed by atoms with van der Waals surface area (Å²) in [6.07, 6.45) is 0.591. The second kappa shape index (κ2) is 7.61. The van der Waals surface area contributed by atoms with E-state index >= 15 is 0 Å². The molecule has 1 aliphatic rings. The van der Waals surface area contributed by atoms with E-state index in [9.17, 15) is 14.4 Å². The highest BCUT2D eigenvalue weighted by atomic mass is 16.2. The molecule has 0 atom stereocenters. The quantitative estimate of drug-likeness (QED) is 0.795. The van der Waals surface area contributed by atoms with Gasteiger partial charge in [0.25, 0.3) is 0 Å². The maximum absolute atomic E-state index is 12.0. The molecule has 2 aromatic carbocycles. The summed E-state index contributed by atoms with van der Waals surface area (Å²) in [7, 11) is 0. The third-order valence-electron chi connectivity index (χ3n) is 3.95. The highest BCUT2D eigenvalue weighted by molar-refractivity contribution is 6.02. The predicted molar refractivity (Wildman–Crippen MR) is 95.4 cm³/mol. The normalized spacial score (nSPS) is 13.8. The topological polar surface area (TPSA) is 78.5 Å². The fraction of sp³-hybridized carbons (Fsp3) is 0.211. The number of imide groups is 1. The largest absolute Gasteiger partial charge is 0.356 e. The SMILES string of the molecule is O=C(CCN1C(=O)CCC1=O)Nc1ccc(Nc2ccccc2)cc1. The smallest absolute Gasteiger partial charge is 0.229 e. The van der Waals surface area contributed by atoms with E-state index in [0.717, 1.165) is 16.3 Å². The zero-order valence-corrected chi connectivity index (χ0v) is 13.7. The first kappa shape index (κ1) is 16.7. The number of rotatable bonds is 6. The molecule has 0 spiro atoms. The molecule has 0 aliphatic carbocycles. The van der Waals surface area contributed by atoms with Crippen LogP contribution in [0.15, 0.2) is 54.6 Å². The third-order valence-corrected chi connectivity index (χ3v) is 3.95. The van der Waals surface area contributed by atoms with Crippen LogP contribution in [0.2, 0.25) is 0 Å². The van der Waals surface area contributed by atoms with Crippen LogP contribution in [0.1, 0.15) is 19.3 Å². The molecule has 3 amide bonds. The van der Waals surface area contributed by atoms with Gasteiger partial charge in [-0.15, -0.1) is 0 Å².